The van der Waals surface area contributed by atoms with Gasteiger partial charge in [-0.2, -0.15) is 9.97 Å². The summed E-state index contributed by atoms with van der Waals surface area (Å²) in [5.74, 6) is 2.35. The molecule has 0 radical (unpaired) electrons. The van der Waals surface area contributed by atoms with Crippen LogP contribution in [0.1, 0.15) is 61.1 Å². The van der Waals surface area contributed by atoms with E-state index in [0.29, 0.717) is 61.2 Å². The molecule has 12 nitrogen and oxygen atoms in total. The number of aromatic nitrogens is 3. The van der Waals surface area contributed by atoms with Gasteiger partial charge in [-0.1, -0.05) is 6.42 Å². The van der Waals surface area contributed by atoms with Gasteiger partial charge in [0, 0.05) is 80.4 Å². The number of rotatable bonds is 7. The first-order valence-corrected chi connectivity index (χ1v) is 17.0. The van der Waals surface area contributed by atoms with Crippen molar-refractivity contribution in [2.24, 2.45) is 0 Å². The third kappa shape index (κ3) is 7.39. The molecule has 248 valence electrons. The minimum atomic E-state index is -0.366. The minimum Gasteiger partial charge on any atom is -0.381 e. The van der Waals surface area contributed by atoms with Crippen molar-refractivity contribution < 1.29 is 19.1 Å². The molecule has 4 heterocycles. The van der Waals surface area contributed by atoms with Crippen molar-refractivity contribution in [1.29, 1.82) is 0 Å². The van der Waals surface area contributed by atoms with Gasteiger partial charge in [-0.3, -0.25) is 9.69 Å². The van der Waals surface area contributed by atoms with Crippen LogP contribution in [0.4, 0.5) is 22.1 Å². The number of nitrogens with zero attached hydrogens (tertiary/aromatic N) is 6. The van der Waals surface area contributed by atoms with Crippen LogP contribution in [-0.4, -0.2) is 108 Å². The first-order chi connectivity index (χ1) is 23.0. The molecule has 1 unspecified atom stereocenters. The Morgan fingerprint density at radius 3 is 2.09 bits per heavy atom. The maximum atomic E-state index is 13.1. The molecule has 1 aliphatic carbocycles. The Morgan fingerprint density at radius 1 is 0.766 bits per heavy atom. The fourth-order valence-corrected chi connectivity index (χ4v) is 6.72. The van der Waals surface area contributed by atoms with Crippen LogP contribution < -0.4 is 15.5 Å². The molecule has 2 aromatic carbocycles. The second-order valence-electron chi connectivity index (χ2n) is 13.0. The van der Waals surface area contributed by atoms with Gasteiger partial charge in [0.2, 0.25) is 5.95 Å². The molecule has 3 aliphatic heterocycles. The number of piperazine rings is 1. The van der Waals surface area contributed by atoms with Gasteiger partial charge >= 0.3 is 6.03 Å². The Balaban J connectivity index is 0.970. The number of hydrogen-bond acceptors (Lipinski definition) is 9. The molecule has 7 rings (SSSR count). The highest BCUT2D eigenvalue weighted by molar-refractivity contribution is 6.00. The topological polar surface area (TPSA) is 125 Å². The van der Waals surface area contributed by atoms with Crippen LogP contribution in [0.15, 0.2) is 48.5 Å². The number of hydrogen-bond donors (Lipinski definition) is 2. The van der Waals surface area contributed by atoms with Crippen LogP contribution in [0, 0.1) is 0 Å². The highest BCUT2D eigenvalue weighted by Gasteiger charge is 2.30. The number of ether oxygens (including phenoxy) is 2. The number of anilines is 3. The Labute approximate surface area is 275 Å². The molecular weight excluding hydrogens is 596 g/mol. The summed E-state index contributed by atoms with van der Waals surface area (Å²) in [5, 5.41) is 5.76. The zero-order chi connectivity index (χ0) is 32.2. The number of urea groups is 1. The molecule has 1 saturated carbocycles. The third-order valence-electron chi connectivity index (χ3n) is 9.84. The minimum absolute atomic E-state index is 0.0407. The van der Waals surface area contributed by atoms with E-state index in [1.807, 2.05) is 29.2 Å². The summed E-state index contributed by atoms with van der Waals surface area (Å²) in [6.07, 6.45) is 5.67. The van der Waals surface area contributed by atoms with Crippen LogP contribution in [0.2, 0.25) is 0 Å². The molecule has 1 aromatic heterocycles. The van der Waals surface area contributed by atoms with Crippen molar-refractivity contribution >= 4 is 29.3 Å². The van der Waals surface area contributed by atoms with Gasteiger partial charge < -0.3 is 29.9 Å². The summed E-state index contributed by atoms with van der Waals surface area (Å²) in [6.45, 7) is 8.94. The SMILES string of the molecule is CC1COCCN1c1nc(-c2ccc(NC(=O)Nc3ccc(C(=O)N4CCN(C5CCC5)CC4)cc3)cc2)nc(C2CCOCC2)n1. The predicted octanol–water partition coefficient (Wildman–Crippen LogP) is 4.61. The van der Waals surface area contributed by atoms with E-state index in [-0.39, 0.29) is 23.9 Å². The molecular formula is C35H44N8O4. The molecule has 2 N–H and O–H groups in total. The summed E-state index contributed by atoms with van der Waals surface area (Å²) in [6, 6.07) is 15.1. The molecule has 12 heteroatoms. The lowest BCUT2D eigenvalue weighted by atomic mass is 9.91. The van der Waals surface area contributed by atoms with Crippen molar-refractivity contribution in [3.63, 3.8) is 0 Å². The summed E-state index contributed by atoms with van der Waals surface area (Å²) < 4.78 is 11.2. The Kier molecular flexibility index (Phi) is 9.59. The predicted molar refractivity (Wildman–Crippen MR) is 180 cm³/mol. The van der Waals surface area contributed by atoms with Gasteiger partial charge in [-0.25, -0.2) is 9.78 Å². The van der Waals surface area contributed by atoms with Gasteiger partial charge in [0.25, 0.3) is 5.91 Å². The Bertz CT molecular complexity index is 1530. The highest BCUT2D eigenvalue weighted by atomic mass is 16.5. The normalized spacial score (nSPS) is 21.3. The third-order valence-corrected chi connectivity index (χ3v) is 9.84. The largest absolute Gasteiger partial charge is 0.381 e. The fraction of sp³-hybridized carbons (Fsp3) is 0.514. The number of nitrogens with one attached hydrogen (secondary N) is 2. The summed E-state index contributed by atoms with van der Waals surface area (Å²) in [7, 11) is 0. The molecule has 4 aliphatic rings. The van der Waals surface area contributed by atoms with Gasteiger partial charge in [-0.05, 0) is 81.1 Å². The maximum Gasteiger partial charge on any atom is 0.323 e. The average Bonchev–Trinajstić information content (AvgIpc) is 3.08. The van der Waals surface area contributed by atoms with E-state index in [9.17, 15) is 9.59 Å². The van der Waals surface area contributed by atoms with E-state index in [1.165, 1.54) is 19.3 Å². The van der Waals surface area contributed by atoms with Crippen molar-refractivity contribution in [2.75, 3.05) is 74.7 Å². The maximum absolute atomic E-state index is 13.1. The fourth-order valence-electron chi connectivity index (χ4n) is 6.72. The molecule has 47 heavy (non-hydrogen) atoms. The van der Waals surface area contributed by atoms with E-state index in [0.717, 1.165) is 57.0 Å². The van der Waals surface area contributed by atoms with Crippen LogP contribution >= 0.6 is 0 Å². The van der Waals surface area contributed by atoms with Crippen LogP contribution in [0.5, 0.6) is 0 Å². The lowest BCUT2D eigenvalue weighted by Crippen LogP contribution is -2.53. The lowest BCUT2D eigenvalue weighted by molar-refractivity contribution is 0.0455. The molecule has 0 spiro atoms. The van der Waals surface area contributed by atoms with Crippen molar-refractivity contribution in [2.45, 2.75) is 57.0 Å². The zero-order valence-corrected chi connectivity index (χ0v) is 27.1. The molecule has 3 aromatic rings. The number of amides is 3. The van der Waals surface area contributed by atoms with E-state index in [1.54, 1.807) is 24.3 Å². The average molecular weight is 641 g/mol. The van der Waals surface area contributed by atoms with Gasteiger partial charge in [0.05, 0.1) is 19.3 Å². The molecule has 1 atom stereocenters. The second-order valence-corrected chi connectivity index (χ2v) is 13.0. The van der Waals surface area contributed by atoms with Gasteiger partial charge in [0.15, 0.2) is 5.82 Å². The Morgan fingerprint density at radius 2 is 1.45 bits per heavy atom. The van der Waals surface area contributed by atoms with Crippen LogP contribution in [-0.2, 0) is 9.47 Å². The smallest absolute Gasteiger partial charge is 0.323 e. The molecule has 3 amide bonds. The monoisotopic (exact) mass is 640 g/mol. The summed E-state index contributed by atoms with van der Waals surface area (Å²) in [4.78, 5) is 47.2. The molecule has 3 saturated heterocycles. The lowest BCUT2D eigenvalue weighted by Gasteiger charge is -2.42. The summed E-state index contributed by atoms with van der Waals surface area (Å²) in [5.41, 5.74) is 2.73. The number of morpholine rings is 1. The van der Waals surface area contributed by atoms with Gasteiger partial charge in [-0.15, -0.1) is 0 Å². The number of benzene rings is 2. The molecule has 4 fully saturated rings. The van der Waals surface area contributed by atoms with E-state index >= 15 is 0 Å². The quantitative estimate of drug-likeness (QED) is 0.381. The number of carbonyl (C=O) groups is 2. The molecule has 0 bridgehead atoms. The highest BCUT2D eigenvalue weighted by Crippen LogP contribution is 2.29. The van der Waals surface area contributed by atoms with Crippen LogP contribution in [0.3, 0.4) is 0 Å². The zero-order valence-electron chi connectivity index (χ0n) is 27.1. The Hall–Kier alpha value is -4.13. The van der Waals surface area contributed by atoms with Crippen molar-refractivity contribution in [3.05, 3.63) is 59.9 Å². The van der Waals surface area contributed by atoms with Crippen molar-refractivity contribution in [1.82, 2.24) is 24.8 Å². The van der Waals surface area contributed by atoms with Crippen LogP contribution in [0.25, 0.3) is 11.4 Å². The van der Waals surface area contributed by atoms with Gasteiger partial charge in [0.1, 0.15) is 5.82 Å². The summed E-state index contributed by atoms with van der Waals surface area (Å²) >= 11 is 0. The second kappa shape index (κ2) is 14.3. The van der Waals surface area contributed by atoms with Crippen molar-refractivity contribution in [3.8, 4) is 11.4 Å². The van der Waals surface area contributed by atoms with E-state index in [4.69, 9.17) is 24.4 Å². The van der Waals surface area contributed by atoms with E-state index in [2.05, 4.69) is 27.4 Å². The van der Waals surface area contributed by atoms with E-state index < -0.39 is 0 Å². The standard InChI is InChI=1S/C35H44N8O4/c1-24-23-47-22-19-43(24)34-39-31(38-32(40-34)26-13-20-46-21-14-26)25-5-9-28(10-6-25)36-35(45)37-29-11-7-27(8-12-29)33(44)42-17-15-41(16-18-42)30-3-2-4-30/h5-12,24,26,30H,2-4,13-23H2,1H3,(H2,36,37,45). The number of carbonyl (C=O) groups excluding carboxylic acids is 2. The first kappa shape index (κ1) is 31.5. The first-order valence-electron chi connectivity index (χ1n) is 17.0.